The summed E-state index contributed by atoms with van der Waals surface area (Å²) in [7, 11) is -3.46. The molecule has 0 bridgehead atoms. The summed E-state index contributed by atoms with van der Waals surface area (Å²) >= 11 is 6.20. The number of halogens is 1. The van der Waals surface area contributed by atoms with E-state index in [-0.39, 0.29) is 22.6 Å². The van der Waals surface area contributed by atoms with Gasteiger partial charge in [0, 0.05) is 41.8 Å². The van der Waals surface area contributed by atoms with Crippen LogP contribution >= 0.6 is 11.6 Å². The van der Waals surface area contributed by atoms with Crippen LogP contribution in [0.25, 0.3) is 33.7 Å². The third-order valence-electron chi connectivity index (χ3n) is 5.99. The molecule has 1 saturated heterocycles. The molecule has 1 aliphatic heterocycles. The normalized spacial score (nSPS) is 14.9. The van der Waals surface area contributed by atoms with Gasteiger partial charge in [-0.25, -0.2) is 23.4 Å². The first kappa shape index (κ1) is 23.6. The molecule has 35 heavy (non-hydrogen) atoms. The molecule has 3 aromatic heterocycles. The second-order valence-electron chi connectivity index (χ2n) is 8.58. The maximum atomic E-state index is 13.1. The fourth-order valence-corrected chi connectivity index (χ4v) is 6.31. The minimum atomic E-state index is -3.46. The van der Waals surface area contributed by atoms with Crippen molar-refractivity contribution in [3.63, 3.8) is 0 Å². The number of aromatic nitrogens is 4. The van der Waals surface area contributed by atoms with Gasteiger partial charge in [-0.05, 0) is 31.9 Å². The zero-order chi connectivity index (χ0) is 24.6. The molecular weight excluding hydrogens is 488 g/mol. The van der Waals surface area contributed by atoms with Crippen molar-refractivity contribution in [3.8, 4) is 22.5 Å². The maximum Gasteiger partial charge on any atom is 0.209 e. The molecular formula is C25H23ClN4O4S. The topological polar surface area (TPSA) is 115 Å². The number of benzene rings is 1. The van der Waals surface area contributed by atoms with Crippen LogP contribution in [-0.4, -0.2) is 46.8 Å². The highest BCUT2D eigenvalue weighted by molar-refractivity contribution is 7.91. The Labute approximate surface area is 207 Å². The number of nitrogens with one attached hydrogen (secondary N) is 1. The lowest BCUT2D eigenvalue weighted by atomic mass is 10.0. The zero-order valence-electron chi connectivity index (χ0n) is 19.0. The van der Waals surface area contributed by atoms with E-state index in [1.165, 1.54) is 6.07 Å². The molecule has 0 spiro atoms. The summed E-state index contributed by atoms with van der Waals surface area (Å²) in [6, 6.07) is 14.3. The smallest absolute Gasteiger partial charge is 0.209 e. The summed E-state index contributed by atoms with van der Waals surface area (Å²) in [6.45, 7) is 2.67. The van der Waals surface area contributed by atoms with E-state index >= 15 is 0 Å². The van der Waals surface area contributed by atoms with Crippen LogP contribution < -0.4 is 5.43 Å². The number of rotatable bonds is 5. The van der Waals surface area contributed by atoms with Crippen molar-refractivity contribution in [1.29, 1.82) is 0 Å². The molecule has 4 aromatic rings. The summed E-state index contributed by atoms with van der Waals surface area (Å²) < 4.78 is 31.2. The molecule has 0 aliphatic carbocycles. The van der Waals surface area contributed by atoms with E-state index in [0.717, 1.165) is 5.56 Å². The molecule has 1 aromatic carbocycles. The van der Waals surface area contributed by atoms with Crippen LogP contribution in [0.4, 0.5) is 0 Å². The SMILES string of the molecule is Cc1cc(-c2nc3c(=O)cc(CS(=O)(=O)C4CCOCC4)[nH]c3nc2-c2ccccc2)cc(Cl)n1. The van der Waals surface area contributed by atoms with Crippen molar-refractivity contribution < 1.29 is 13.2 Å². The monoisotopic (exact) mass is 510 g/mol. The Morgan fingerprint density at radius 3 is 2.43 bits per heavy atom. The number of H-pyrrole nitrogens is 1. The molecule has 0 saturated carbocycles. The number of aromatic amines is 1. The molecule has 10 heteroatoms. The van der Waals surface area contributed by atoms with Gasteiger partial charge in [0.25, 0.3) is 0 Å². The summed E-state index contributed by atoms with van der Waals surface area (Å²) in [4.78, 5) is 29.7. The van der Waals surface area contributed by atoms with Gasteiger partial charge in [-0.1, -0.05) is 41.9 Å². The second kappa shape index (κ2) is 9.49. The van der Waals surface area contributed by atoms with Crippen LogP contribution in [0, 0.1) is 6.92 Å². The Hall–Kier alpha value is -3.14. The predicted molar refractivity (Wildman–Crippen MR) is 135 cm³/mol. The van der Waals surface area contributed by atoms with E-state index in [0.29, 0.717) is 53.9 Å². The maximum absolute atomic E-state index is 13.1. The molecule has 0 amide bonds. The number of ether oxygens (including phenoxy) is 1. The summed E-state index contributed by atoms with van der Waals surface area (Å²) in [5.41, 5.74) is 3.45. The summed E-state index contributed by atoms with van der Waals surface area (Å²) in [5.74, 6) is -0.272. The molecule has 0 unspecified atom stereocenters. The number of pyridine rings is 2. The van der Waals surface area contributed by atoms with Gasteiger partial charge in [-0.2, -0.15) is 0 Å². The van der Waals surface area contributed by atoms with E-state index in [2.05, 4.69) is 15.0 Å². The van der Waals surface area contributed by atoms with Gasteiger partial charge in [-0.3, -0.25) is 4.79 Å². The number of fused-ring (bicyclic) bond motifs is 1. The Morgan fingerprint density at radius 2 is 1.71 bits per heavy atom. The van der Waals surface area contributed by atoms with Gasteiger partial charge in [0.15, 0.2) is 21.0 Å². The number of aryl methyl sites for hydroxylation is 1. The Kier molecular flexibility index (Phi) is 6.39. The Morgan fingerprint density at radius 1 is 1.00 bits per heavy atom. The zero-order valence-corrected chi connectivity index (χ0v) is 20.6. The number of hydrogen-bond donors (Lipinski definition) is 1. The van der Waals surface area contributed by atoms with Gasteiger partial charge in [0.2, 0.25) is 5.43 Å². The first-order chi connectivity index (χ1) is 16.8. The Bertz CT molecular complexity index is 1550. The highest BCUT2D eigenvalue weighted by Crippen LogP contribution is 2.31. The van der Waals surface area contributed by atoms with Crippen molar-refractivity contribution >= 4 is 32.6 Å². The lowest BCUT2D eigenvalue weighted by Crippen LogP contribution is -2.30. The van der Waals surface area contributed by atoms with Gasteiger partial charge in [-0.15, -0.1) is 0 Å². The fraction of sp³-hybridized carbons (Fsp3) is 0.280. The van der Waals surface area contributed by atoms with E-state index in [1.54, 1.807) is 6.07 Å². The quantitative estimate of drug-likeness (QED) is 0.402. The molecule has 0 atom stereocenters. The average molecular weight is 511 g/mol. The van der Waals surface area contributed by atoms with Gasteiger partial charge in [0.05, 0.1) is 22.4 Å². The van der Waals surface area contributed by atoms with E-state index in [9.17, 15) is 13.2 Å². The van der Waals surface area contributed by atoms with Crippen LogP contribution in [0.3, 0.4) is 0 Å². The van der Waals surface area contributed by atoms with E-state index in [1.807, 2.05) is 43.3 Å². The largest absolute Gasteiger partial charge is 0.381 e. The third-order valence-corrected chi connectivity index (χ3v) is 8.38. The summed E-state index contributed by atoms with van der Waals surface area (Å²) in [6.07, 6.45) is 0.907. The van der Waals surface area contributed by atoms with Crippen LogP contribution in [0.2, 0.25) is 5.15 Å². The third kappa shape index (κ3) is 4.98. The molecule has 1 fully saturated rings. The van der Waals surface area contributed by atoms with Crippen LogP contribution in [-0.2, 0) is 20.3 Å². The van der Waals surface area contributed by atoms with Crippen LogP contribution in [0.1, 0.15) is 24.2 Å². The first-order valence-corrected chi connectivity index (χ1v) is 13.3. The number of nitrogens with zero attached hydrogens (tertiary/aromatic N) is 3. The van der Waals surface area contributed by atoms with Crippen molar-refractivity contribution in [3.05, 3.63) is 75.3 Å². The molecule has 0 radical (unpaired) electrons. The van der Waals surface area contributed by atoms with E-state index in [4.69, 9.17) is 21.3 Å². The minimum absolute atomic E-state index is 0.123. The molecule has 4 heterocycles. The van der Waals surface area contributed by atoms with Crippen LogP contribution in [0.5, 0.6) is 0 Å². The fourth-order valence-electron chi connectivity index (χ4n) is 4.32. The van der Waals surface area contributed by atoms with Crippen molar-refractivity contribution in [2.24, 2.45) is 0 Å². The standard InChI is InChI=1S/C25H23ClN4O4S/c1-15-11-17(12-21(26)27-15)23-22(16-5-3-2-4-6-16)30-25-24(29-23)20(31)13-18(28-25)14-35(32,33)19-7-9-34-10-8-19/h2-6,11-13,19H,7-10,14H2,1H3,(H,28,30,31). The lowest BCUT2D eigenvalue weighted by Gasteiger charge is -2.22. The molecule has 8 nitrogen and oxygen atoms in total. The number of hydrogen-bond acceptors (Lipinski definition) is 7. The van der Waals surface area contributed by atoms with Crippen molar-refractivity contribution in [1.82, 2.24) is 19.9 Å². The Balaban J connectivity index is 1.66. The summed E-state index contributed by atoms with van der Waals surface area (Å²) in [5, 5.41) is -0.174. The van der Waals surface area contributed by atoms with Crippen LogP contribution in [0.15, 0.2) is 53.3 Å². The van der Waals surface area contributed by atoms with E-state index < -0.39 is 20.5 Å². The van der Waals surface area contributed by atoms with Gasteiger partial charge in [0.1, 0.15) is 5.15 Å². The van der Waals surface area contributed by atoms with Crippen molar-refractivity contribution in [2.75, 3.05) is 13.2 Å². The minimum Gasteiger partial charge on any atom is -0.381 e. The highest BCUT2D eigenvalue weighted by Gasteiger charge is 2.28. The van der Waals surface area contributed by atoms with Gasteiger partial charge >= 0.3 is 0 Å². The molecule has 1 N–H and O–H groups in total. The molecule has 180 valence electrons. The second-order valence-corrected chi connectivity index (χ2v) is 11.3. The van der Waals surface area contributed by atoms with Crippen molar-refractivity contribution in [2.45, 2.75) is 30.8 Å². The molecule has 5 rings (SSSR count). The highest BCUT2D eigenvalue weighted by atomic mass is 35.5. The average Bonchev–Trinajstić information content (AvgIpc) is 2.83. The van der Waals surface area contributed by atoms with Gasteiger partial charge < -0.3 is 9.72 Å². The number of sulfone groups is 1. The predicted octanol–water partition coefficient (Wildman–Crippen LogP) is 4.10. The first-order valence-electron chi connectivity index (χ1n) is 11.2. The lowest BCUT2D eigenvalue weighted by molar-refractivity contribution is 0.0983. The molecule has 1 aliphatic rings.